The van der Waals surface area contributed by atoms with Crippen LogP contribution in [0.2, 0.25) is 0 Å². The van der Waals surface area contributed by atoms with E-state index < -0.39 is 0 Å². The Morgan fingerprint density at radius 1 is 1.40 bits per heavy atom. The van der Waals surface area contributed by atoms with Gasteiger partial charge in [0.2, 0.25) is 5.91 Å². The fraction of sp³-hybridized carbons (Fsp3) is 0.417. The van der Waals surface area contributed by atoms with Crippen molar-refractivity contribution in [3.63, 3.8) is 0 Å². The van der Waals surface area contributed by atoms with Crippen molar-refractivity contribution in [3.05, 3.63) is 29.3 Å². The SMILES string of the molecule is O=C1[C@H](CO)Cc2cccc3c2N1CC3. The van der Waals surface area contributed by atoms with Crippen LogP contribution in [0, 0.1) is 5.92 Å². The molecule has 0 unspecified atom stereocenters. The van der Waals surface area contributed by atoms with Gasteiger partial charge in [-0.15, -0.1) is 0 Å². The minimum Gasteiger partial charge on any atom is -0.396 e. The highest BCUT2D eigenvalue weighted by Crippen LogP contribution is 2.37. The van der Waals surface area contributed by atoms with Crippen LogP contribution in [0.3, 0.4) is 0 Å². The first-order chi connectivity index (χ1) is 7.31. The summed E-state index contributed by atoms with van der Waals surface area (Å²) in [4.78, 5) is 13.8. The monoisotopic (exact) mass is 203 g/mol. The second-order valence-corrected chi connectivity index (χ2v) is 4.25. The van der Waals surface area contributed by atoms with E-state index in [0.717, 1.165) is 18.7 Å². The topological polar surface area (TPSA) is 40.5 Å². The van der Waals surface area contributed by atoms with E-state index in [9.17, 15) is 4.79 Å². The predicted molar refractivity (Wildman–Crippen MR) is 56.8 cm³/mol. The highest BCUT2D eigenvalue weighted by Gasteiger charge is 2.36. The van der Waals surface area contributed by atoms with Crippen molar-refractivity contribution < 1.29 is 9.90 Å². The first kappa shape index (κ1) is 8.92. The summed E-state index contributed by atoms with van der Waals surface area (Å²) in [6.07, 6.45) is 1.64. The van der Waals surface area contributed by atoms with Gasteiger partial charge in [-0.3, -0.25) is 4.79 Å². The van der Waals surface area contributed by atoms with E-state index in [0.29, 0.717) is 6.42 Å². The third kappa shape index (κ3) is 1.13. The molecule has 3 rings (SSSR count). The molecule has 2 heterocycles. The molecule has 0 aromatic heterocycles. The van der Waals surface area contributed by atoms with E-state index >= 15 is 0 Å². The highest BCUT2D eigenvalue weighted by atomic mass is 16.3. The Kier molecular flexibility index (Phi) is 1.83. The van der Waals surface area contributed by atoms with Gasteiger partial charge in [0.1, 0.15) is 0 Å². The number of hydrogen-bond acceptors (Lipinski definition) is 2. The second-order valence-electron chi connectivity index (χ2n) is 4.25. The van der Waals surface area contributed by atoms with Crippen LogP contribution in [-0.2, 0) is 17.6 Å². The number of carbonyl (C=O) groups excluding carboxylic acids is 1. The quantitative estimate of drug-likeness (QED) is 0.731. The van der Waals surface area contributed by atoms with Crippen molar-refractivity contribution in [3.8, 4) is 0 Å². The molecule has 15 heavy (non-hydrogen) atoms. The Hall–Kier alpha value is -1.35. The van der Waals surface area contributed by atoms with Crippen LogP contribution in [0.4, 0.5) is 5.69 Å². The van der Waals surface area contributed by atoms with Crippen LogP contribution in [0.1, 0.15) is 11.1 Å². The number of nitrogens with zero attached hydrogens (tertiary/aromatic N) is 1. The molecule has 1 aromatic carbocycles. The largest absolute Gasteiger partial charge is 0.396 e. The van der Waals surface area contributed by atoms with Crippen LogP contribution in [0.25, 0.3) is 0 Å². The third-order valence-corrected chi connectivity index (χ3v) is 3.38. The van der Waals surface area contributed by atoms with Crippen LogP contribution < -0.4 is 4.90 Å². The molecule has 1 N–H and O–H groups in total. The molecule has 0 saturated carbocycles. The number of hydrogen-bond donors (Lipinski definition) is 1. The number of aliphatic hydroxyl groups excluding tert-OH is 1. The molecule has 1 amide bonds. The van der Waals surface area contributed by atoms with Gasteiger partial charge < -0.3 is 10.0 Å². The predicted octanol–water partition coefficient (Wildman–Crippen LogP) is 0.740. The lowest BCUT2D eigenvalue weighted by atomic mass is 9.92. The zero-order chi connectivity index (χ0) is 10.4. The Balaban J connectivity index is 2.13. The van der Waals surface area contributed by atoms with E-state index in [1.807, 2.05) is 11.0 Å². The minimum atomic E-state index is -0.231. The number of carbonyl (C=O) groups is 1. The molecule has 2 aliphatic heterocycles. The molecule has 3 nitrogen and oxygen atoms in total. The Morgan fingerprint density at radius 3 is 3.00 bits per heavy atom. The van der Waals surface area contributed by atoms with Gasteiger partial charge in [0.05, 0.1) is 18.2 Å². The molecule has 0 radical (unpaired) electrons. The minimum absolute atomic E-state index is 0.0427. The standard InChI is InChI=1S/C12H13NO2/c14-7-10-6-9-3-1-2-8-4-5-13(11(8)9)12(10)15/h1-3,10,14H,4-7H2/t10-/m0/s1. The Morgan fingerprint density at radius 2 is 2.20 bits per heavy atom. The lowest BCUT2D eigenvalue weighted by molar-refractivity contribution is -0.123. The van der Waals surface area contributed by atoms with E-state index in [-0.39, 0.29) is 18.4 Å². The zero-order valence-corrected chi connectivity index (χ0v) is 8.44. The van der Waals surface area contributed by atoms with Gasteiger partial charge in [0, 0.05) is 6.54 Å². The number of anilines is 1. The van der Waals surface area contributed by atoms with Crippen molar-refractivity contribution in [1.82, 2.24) is 0 Å². The van der Waals surface area contributed by atoms with E-state index in [1.165, 1.54) is 11.1 Å². The first-order valence-corrected chi connectivity index (χ1v) is 5.34. The molecule has 0 aliphatic carbocycles. The average molecular weight is 203 g/mol. The van der Waals surface area contributed by atoms with E-state index in [1.54, 1.807) is 0 Å². The maximum Gasteiger partial charge on any atom is 0.232 e. The molecule has 0 bridgehead atoms. The number of benzene rings is 1. The Labute approximate surface area is 88.3 Å². The normalized spacial score (nSPS) is 23.1. The van der Waals surface area contributed by atoms with Gasteiger partial charge in [-0.2, -0.15) is 0 Å². The van der Waals surface area contributed by atoms with Crippen LogP contribution in [-0.4, -0.2) is 24.2 Å². The summed E-state index contributed by atoms with van der Waals surface area (Å²) in [5.41, 5.74) is 3.60. The van der Waals surface area contributed by atoms with Crippen LogP contribution in [0.15, 0.2) is 18.2 Å². The van der Waals surface area contributed by atoms with Crippen molar-refractivity contribution in [2.45, 2.75) is 12.8 Å². The highest BCUT2D eigenvalue weighted by molar-refractivity contribution is 6.00. The molecule has 2 aliphatic rings. The van der Waals surface area contributed by atoms with Crippen molar-refractivity contribution >= 4 is 11.6 Å². The lowest BCUT2D eigenvalue weighted by Crippen LogP contribution is -2.41. The molecule has 0 fully saturated rings. The summed E-state index contributed by atoms with van der Waals surface area (Å²) in [6, 6.07) is 6.19. The van der Waals surface area contributed by atoms with Gasteiger partial charge in [-0.25, -0.2) is 0 Å². The van der Waals surface area contributed by atoms with Gasteiger partial charge in [-0.1, -0.05) is 18.2 Å². The summed E-state index contributed by atoms with van der Waals surface area (Å²) in [6.45, 7) is 0.737. The third-order valence-electron chi connectivity index (χ3n) is 3.38. The molecule has 0 saturated heterocycles. The summed E-state index contributed by atoms with van der Waals surface area (Å²) in [5.74, 6) is -0.138. The van der Waals surface area contributed by atoms with E-state index in [2.05, 4.69) is 12.1 Å². The van der Waals surface area contributed by atoms with Crippen molar-refractivity contribution in [1.29, 1.82) is 0 Å². The molecule has 1 atom stereocenters. The number of rotatable bonds is 1. The number of para-hydroxylation sites is 1. The summed E-state index contributed by atoms with van der Waals surface area (Å²) in [5, 5.41) is 9.17. The summed E-state index contributed by atoms with van der Waals surface area (Å²) >= 11 is 0. The molecule has 78 valence electrons. The smallest absolute Gasteiger partial charge is 0.232 e. The van der Waals surface area contributed by atoms with Gasteiger partial charge >= 0.3 is 0 Å². The van der Waals surface area contributed by atoms with E-state index in [4.69, 9.17) is 5.11 Å². The maximum absolute atomic E-state index is 11.9. The molecule has 1 aromatic rings. The van der Waals surface area contributed by atoms with Crippen LogP contribution >= 0.6 is 0 Å². The van der Waals surface area contributed by atoms with Crippen molar-refractivity contribution in [2.24, 2.45) is 5.92 Å². The second kappa shape index (κ2) is 3.07. The van der Waals surface area contributed by atoms with Gasteiger partial charge in [0.25, 0.3) is 0 Å². The number of aliphatic hydroxyl groups is 1. The van der Waals surface area contributed by atoms with Crippen LogP contribution in [0.5, 0.6) is 0 Å². The fourth-order valence-corrected chi connectivity index (χ4v) is 2.64. The lowest BCUT2D eigenvalue weighted by Gasteiger charge is -2.30. The zero-order valence-electron chi connectivity index (χ0n) is 8.44. The van der Waals surface area contributed by atoms with Crippen molar-refractivity contribution in [2.75, 3.05) is 18.1 Å². The average Bonchev–Trinajstić information content (AvgIpc) is 2.69. The summed E-state index contributed by atoms with van der Waals surface area (Å²) in [7, 11) is 0. The molecule has 0 spiro atoms. The first-order valence-electron chi connectivity index (χ1n) is 5.34. The Bertz CT molecular complexity index is 428. The summed E-state index contributed by atoms with van der Waals surface area (Å²) < 4.78 is 0. The fourth-order valence-electron chi connectivity index (χ4n) is 2.64. The number of amides is 1. The van der Waals surface area contributed by atoms with Gasteiger partial charge in [0.15, 0.2) is 0 Å². The molecular formula is C12H13NO2. The maximum atomic E-state index is 11.9. The molecule has 3 heteroatoms. The molecular weight excluding hydrogens is 190 g/mol. The van der Waals surface area contributed by atoms with Gasteiger partial charge in [-0.05, 0) is 24.0 Å².